The molecule has 0 aliphatic heterocycles. The first-order valence-corrected chi connectivity index (χ1v) is 4.99. The van der Waals surface area contributed by atoms with Crippen molar-refractivity contribution in [3.63, 3.8) is 0 Å². The smallest absolute Gasteiger partial charge is 0.303 e. The second-order valence-electron chi connectivity index (χ2n) is 3.68. The lowest BCUT2D eigenvalue weighted by Gasteiger charge is -2.13. The van der Waals surface area contributed by atoms with Crippen molar-refractivity contribution in [3.05, 3.63) is 33.9 Å². The van der Waals surface area contributed by atoms with Gasteiger partial charge in [0.25, 0.3) is 5.69 Å². The van der Waals surface area contributed by atoms with Crippen LogP contribution < -0.4 is 4.74 Å². The van der Waals surface area contributed by atoms with E-state index in [1.54, 1.807) is 6.92 Å². The molecule has 92 valence electrons. The van der Waals surface area contributed by atoms with Crippen molar-refractivity contribution in [2.75, 3.05) is 7.11 Å². The molecule has 0 heterocycles. The summed E-state index contributed by atoms with van der Waals surface area (Å²) >= 11 is 0. The lowest BCUT2D eigenvalue weighted by atomic mass is 9.96. The zero-order valence-corrected chi connectivity index (χ0v) is 9.54. The van der Waals surface area contributed by atoms with Gasteiger partial charge in [-0.15, -0.1) is 0 Å². The summed E-state index contributed by atoms with van der Waals surface area (Å²) in [6.07, 6.45) is -0.0997. The van der Waals surface area contributed by atoms with Crippen LogP contribution in [-0.2, 0) is 4.79 Å². The van der Waals surface area contributed by atoms with Gasteiger partial charge in [-0.3, -0.25) is 14.9 Å². The number of nitro benzene ring substituents is 1. The average Bonchev–Trinajstić information content (AvgIpc) is 2.27. The van der Waals surface area contributed by atoms with E-state index in [0.717, 1.165) is 0 Å². The van der Waals surface area contributed by atoms with Crippen LogP contribution in [0.5, 0.6) is 5.75 Å². The molecule has 1 aromatic carbocycles. The number of non-ortho nitro benzene ring substituents is 1. The molecule has 1 atom stereocenters. The topological polar surface area (TPSA) is 89.7 Å². The fourth-order valence-corrected chi connectivity index (χ4v) is 1.59. The minimum Gasteiger partial charge on any atom is -0.496 e. The van der Waals surface area contributed by atoms with Gasteiger partial charge >= 0.3 is 5.97 Å². The van der Waals surface area contributed by atoms with Gasteiger partial charge in [-0.05, 0) is 12.0 Å². The van der Waals surface area contributed by atoms with Crippen LogP contribution in [0.15, 0.2) is 18.2 Å². The summed E-state index contributed by atoms with van der Waals surface area (Å²) in [5.74, 6) is -0.835. The quantitative estimate of drug-likeness (QED) is 0.628. The third-order valence-electron chi connectivity index (χ3n) is 2.44. The van der Waals surface area contributed by atoms with Crippen LogP contribution in [-0.4, -0.2) is 23.1 Å². The minimum absolute atomic E-state index is 0.0713. The number of methoxy groups -OCH3 is 1. The highest BCUT2D eigenvalue weighted by atomic mass is 16.6. The second kappa shape index (κ2) is 5.29. The van der Waals surface area contributed by atoms with E-state index < -0.39 is 10.9 Å². The molecular formula is C11H13NO5. The molecule has 0 radical (unpaired) electrons. The predicted molar refractivity (Wildman–Crippen MR) is 60.3 cm³/mol. The molecule has 1 N–H and O–H groups in total. The van der Waals surface area contributed by atoms with Gasteiger partial charge < -0.3 is 9.84 Å². The molecule has 0 saturated carbocycles. The minimum atomic E-state index is -0.953. The molecule has 0 aromatic heterocycles. The normalized spacial score (nSPS) is 11.9. The molecular weight excluding hydrogens is 226 g/mol. The average molecular weight is 239 g/mol. The van der Waals surface area contributed by atoms with Crippen LogP contribution in [0.4, 0.5) is 5.69 Å². The van der Waals surface area contributed by atoms with Crippen molar-refractivity contribution in [2.24, 2.45) is 0 Å². The SMILES string of the molecule is COc1ccc([N+](=O)[O-])cc1C(C)CC(=O)O. The lowest BCUT2D eigenvalue weighted by Crippen LogP contribution is -2.05. The Hall–Kier alpha value is -2.11. The standard InChI is InChI=1S/C11H13NO5/c1-7(5-11(13)14)9-6-8(12(15)16)3-4-10(9)17-2/h3-4,6-7H,5H2,1-2H3,(H,13,14). The van der Waals surface area contributed by atoms with Crippen LogP contribution in [0.3, 0.4) is 0 Å². The molecule has 1 aromatic rings. The zero-order chi connectivity index (χ0) is 13.0. The van der Waals surface area contributed by atoms with E-state index in [4.69, 9.17) is 9.84 Å². The Balaban J connectivity index is 3.13. The zero-order valence-electron chi connectivity index (χ0n) is 9.54. The summed E-state index contributed by atoms with van der Waals surface area (Å²) in [4.78, 5) is 20.8. The summed E-state index contributed by atoms with van der Waals surface area (Å²) < 4.78 is 5.07. The largest absolute Gasteiger partial charge is 0.496 e. The second-order valence-corrected chi connectivity index (χ2v) is 3.68. The predicted octanol–water partition coefficient (Wildman–Crippen LogP) is 2.18. The van der Waals surface area contributed by atoms with E-state index >= 15 is 0 Å². The van der Waals surface area contributed by atoms with Crippen LogP contribution in [0, 0.1) is 10.1 Å². The highest BCUT2D eigenvalue weighted by molar-refractivity contribution is 5.68. The Bertz CT molecular complexity index is 443. The third kappa shape index (κ3) is 3.17. The van der Waals surface area contributed by atoms with Gasteiger partial charge in [0.2, 0.25) is 0 Å². The molecule has 0 amide bonds. The molecule has 0 fully saturated rings. The summed E-state index contributed by atoms with van der Waals surface area (Å²) in [6.45, 7) is 1.69. The number of benzene rings is 1. The van der Waals surface area contributed by atoms with E-state index in [1.807, 2.05) is 0 Å². The lowest BCUT2D eigenvalue weighted by molar-refractivity contribution is -0.385. The molecule has 6 heteroatoms. The Morgan fingerprint density at radius 3 is 2.71 bits per heavy atom. The summed E-state index contributed by atoms with van der Waals surface area (Å²) in [7, 11) is 1.44. The Labute approximate surface area is 98.0 Å². The molecule has 1 unspecified atom stereocenters. The molecule has 0 bridgehead atoms. The van der Waals surface area contributed by atoms with Gasteiger partial charge in [-0.2, -0.15) is 0 Å². The van der Waals surface area contributed by atoms with Gasteiger partial charge in [0.05, 0.1) is 18.5 Å². The Kier molecular flexibility index (Phi) is 4.03. The number of nitro groups is 1. The van der Waals surface area contributed by atoms with Crippen LogP contribution >= 0.6 is 0 Å². The van der Waals surface area contributed by atoms with Gasteiger partial charge in [-0.1, -0.05) is 6.92 Å². The van der Waals surface area contributed by atoms with Crippen LogP contribution in [0.1, 0.15) is 24.8 Å². The number of nitrogens with zero attached hydrogens (tertiary/aromatic N) is 1. The molecule has 1 rings (SSSR count). The number of ether oxygens (including phenoxy) is 1. The van der Waals surface area contributed by atoms with E-state index in [0.29, 0.717) is 11.3 Å². The van der Waals surface area contributed by atoms with Crippen molar-refractivity contribution < 1.29 is 19.6 Å². The van der Waals surface area contributed by atoms with E-state index in [2.05, 4.69) is 0 Å². The first-order chi connectivity index (χ1) is 7.95. The maximum Gasteiger partial charge on any atom is 0.303 e. The maximum absolute atomic E-state index is 10.6. The van der Waals surface area contributed by atoms with Crippen LogP contribution in [0.2, 0.25) is 0 Å². The number of carboxylic acid groups (broad SMARTS) is 1. The monoisotopic (exact) mass is 239 g/mol. The van der Waals surface area contributed by atoms with E-state index in [-0.39, 0.29) is 18.0 Å². The fraction of sp³-hybridized carbons (Fsp3) is 0.364. The summed E-state index contributed by atoms with van der Waals surface area (Å²) in [6, 6.07) is 4.16. The summed E-state index contributed by atoms with van der Waals surface area (Å²) in [5.41, 5.74) is 0.460. The molecule has 0 aliphatic carbocycles. The van der Waals surface area contributed by atoms with E-state index in [1.165, 1.54) is 25.3 Å². The third-order valence-corrected chi connectivity index (χ3v) is 2.44. The molecule has 17 heavy (non-hydrogen) atoms. The van der Waals surface area contributed by atoms with Crippen molar-refractivity contribution >= 4 is 11.7 Å². The Morgan fingerprint density at radius 1 is 1.59 bits per heavy atom. The molecule has 0 saturated heterocycles. The molecule has 6 nitrogen and oxygen atoms in total. The van der Waals surface area contributed by atoms with Crippen molar-refractivity contribution in [1.29, 1.82) is 0 Å². The Morgan fingerprint density at radius 2 is 2.24 bits per heavy atom. The van der Waals surface area contributed by atoms with Gasteiger partial charge in [-0.25, -0.2) is 0 Å². The van der Waals surface area contributed by atoms with Crippen LogP contribution in [0.25, 0.3) is 0 Å². The van der Waals surface area contributed by atoms with Gasteiger partial charge in [0.15, 0.2) is 0 Å². The fourth-order valence-electron chi connectivity index (χ4n) is 1.59. The summed E-state index contributed by atoms with van der Waals surface area (Å²) in [5, 5.41) is 19.4. The van der Waals surface area contributed by atoms with Gasteiger partial charge in [0.1, 0.15) is 5.75 Å². The highest BCUT2D eigenvalue weighted by Gasteiger charge is 2.18. The maximum atomic E-state index is 10.6. The first-order valence-electron chi connectivity index (χ1n) is 4.99. The number of aliphatic carboxylic acids is 1. The number of carboxylic acids is 1. The molecule has 0 spiro atoms. The number of hydrogen-bond acceptors (Lipinski definition) is 4. The number of hydrogen-bond donors (Lipinski definition) is 1. The molecule has 0 aliphatic rings. The van der Waals surface area contributed by atoms with Gasteiger partial charge in [0, 0.05) is 17.7 Å². The van der Waals surface area contributed by atoms with Crippen molar-refractivity contribution in [2.45, 2.75) is 19.3 Å². The number of carbonyl (C=O) groups is 1. The van der Waals surface area contributed by atoms with Crippen molar-refractivity contribution in [3.8, 4) is 5.75 Å². The highest BCUT2D eigenvalue weighted by Crippen LogP contribution is 2.31. The van der Waals surface area contributed by atoms with E-state index in [9.17, 15) is 14.9 Å². The van der Waals surface area contributed by atoms with Crippen molar-refractivity contribution in [1.82, 2.24) is 0 Å². The number of rotatable bonds is 5. The first kappa shape index (κ1) is 13.0.